The first kappa shape index (κ1) is 21.5. The monoisotopic (exact) mass is 455 g/mol. The number of hydrogen-bond donors (Lipinski definition) is 2. The maximum atomic E-state index is 4.72. The first-order valence-corrected chi connectivity index (χ1v) is 8.66. The molecule has 1 heterocycles. The summed E-state index contributed by atoms with van der Waals surface area (Å²) in [6.07, 6.45) is 3.92. The van der Waals surface area contributed by atoms with E-state index in [1.165, 1.54) is 16.7 Å². The summed E-state index contributed by atoms with van der Waals surface area (Å²) in [7, 11) is 0. The van der Waals surface area contributed by atoms with Crippen LogP contribution in [0.25, 0.3) is 0 Å². The second kappa shape index (κ2) is 11.1. The molecule has 0 aliphatic heterocycles. The lowest BCUT2D eigenvalue weighted by atomic mass is 10.00. The molecule has 0 saturated heterocycles. The molecule has 0 amide bonds. The normalized spacial score (nSPS) is 12.4. The molecule has 0 bridgehead atoms. The largest absolute Gasteiger partial charge is 0.357 e. The van der Waals surface area contributed by atoms with E-state index in [1.807, 2.05) is 17.1 Å². The predicted molar refractivity (Wildman–Crippen MR) is 116 cm³/mol. The second-order valence-corrected chi connectivity index (χ2v) is 6.24. The number of aryl methyl sites for hydroxylation is 2. The molecule has 0 spiro atoms. The van der Waals surface area contributed by atoms with E-state index in [0.29, 0.717) is 5.92 Å². The highest BCUT2D eigenvalue weighted by Crippen LogP contribution is 2.16. The summed E-state index contributed by atoms with van der Waals surface area (Å²) in [5.74, 6) is 1.26. The highest BCUT2D eigenvalue weighted by atomic mass is 127. The Bertz CT molecular complexity index is 665. The van der Waals surface area contributed by atoms with Gasteiger partial charge >= 0.3 is 0 Å². The fourth-order valence-corrected chi connectivity index (χ4v) is 2.53. The van der Waals surface area contributed by atoms with Gasteiger partial charge in [0.05, 0.1) is 12.7 Å². The van der Waals surface area contributed by atoms with Gasteiger partial charge in [0.15, 0.2) is 5.96 Å². The molecule has 5 nitrogen and oxygen atoms in total. The first-order chi connectivity index (χ1) is 11.6. The van der Waals surface area contributed by atoms with Gasteiger partial charge in [-0.05, 0) is 31.9 Å². The molecule has 1 atom stereocenters. The topological polar surface area (TPSA) is 54.2 Å². The summed E-state index contributed by atoms with van der Waals surface area (Å²) >= 11 is 0. The van der Waals surface area contributed by atoms with Gasteiger partial charge in [-0.3, -0.25) is 9.67 Å². The van der Waals surface area contributed by atoms with Crippen molar-refractivity contribution in [1.29, 1.82) is 0 Å². The number of aliphatic imine (C=N–C) groups is 1. The third-order valence-corrected chi connectivity index (χ3v) is 3.87. The highest BCUT2D eigenvalue weighted by molar-refractivity contribution is 14.0. The van der Waals surface area contributed by atoms with Gasteiger partial charge in [0.25, 0.3) is 0 Å². The van der Waals surface area contributed by atoms with Gasteiger partial charge < -0.3 is 10.6 Å². The molecule has 138 valence electrons. The van der Waals surface area contributed by atoms with Gasteiger partial charge in [-0.2, -0.15) is 5.10 Å². The third-order valence-electron chi connectivity index (χ3n) is 3.87. The van der Waals surface area contributed by atoms with E-state index in [2.05, 4.69) is 67.7 Å². The molecular formula is C19H30IN5. The van der Waals surface area contributed by atoms with E-state index in [1.54, 1.807) is 0 Å². The molecule has 25 heavy (non-hydrogen) atoms. The molecule has 0 fully saturated rings. The van der Waals surface area contributed by atoms with E-state index < -0.39 is 0 Å². The van der Waals surface area contributed by atoms with Crippen LogP contribution < -0.4 is 10.6 Å². The van der Waals surface area contributed by atoms with Crippen LogP contribution in [0.5, 0.6) is 0 Å². The fourth-order valence-electron chi connectivity index (χ4n) is 2.53. The molecule has 1 aromatic heterocycles. The molecule has 0 saturated carbocycles. The molecule has 0 aliphatic carbocycles. The summed E-state index contributed by atoms with van der Waals surface area (Å²) in [6, 6.07) is 8.65. The Morgan fingerprint density at radius 1 is 1.24 bits per heavy atom. The van der Waals surface area contributed by atoms with Crippen LogP contribution >= 0.6 is 24.0 Å². The smallest absolute Gasteiger partial charge is 0.191 e. The summed E-state index contributed by atoms with van der Waals surface area (Å²) in [6.45, 7) is 11.7. The minimum atomic E-state index is 0. The standard InChI is InChI=1S/C19H29N5.HI/c1-5-20-19(21-9-10-24-14-16(3)12-23-24)22-13-17(4)18-8-6-7-15(2)11-18;/h6-8,11-12,14,17H,5,9-10,13H2,1-4H3,(H2,20,21,22);1H. The predicted octanol–water partition coefficient (Wildman–Crippen LogP) is 3.48. The third kappa shape index (κ3) is 7.46. The van der Waals surface area contributed by atoms with E-state index in [-0.39, 0.29) is 24.0 Å². The molecule has 0 aliphatic rings. The van der Waals surface area contributed by atoms with E-state index in [4.69, 9.17) is 4.99 Å². The molecular weight excluding hydrogens is 425 g/mol. The lowest BCUT2D eigenvalue weighted by Crippen LogP contribution is -2.39. The number of rotatable bonds is 7. The number of nitrogens with zero attached hydrogens (tertiary/aromatic N) is 3. The zero-order chi connectivity index (χ0) is 17.4. The Labute approximate surface area is 168 Å². The Morgan fingerprint density at radius 2 is 2.04 bits per heavy atom. The molecule has 2 N–H and O–H groups in total. The van der Waals surface area contributed by atoms with E-state index in [9.17, 15) is 0 Å². The van der Waals surface area contributed by atoms with Crippen LogP contribution in [0.1, 0.15) is 36.5 Å². The van der Waals surface area contributed by atoms with Crippen LogP contribution in [0.4, 0.5) is 0 Å². The highest BCUT2D eigenvalue weighted by Gasteiger charge is 2.06. The second-order valence-electron chi connectivity index (χ2n) is 6.24. The number of aromatic nitrogens is 2. The van der Waals surface area contributed by atoms with Crippen LogP contribution in [-0.4, -0.2) is 35.4 Å². The van der Waals surface area contributed by atoms with E-state index >= 15 is 0 Å². The van der Waals surface area contributed by atoms with Crippen LogP contribution in [-0.2, 0) is 6.54 Å². The van der Waals surface area contributed by atoms with Crippen molar-refractivity contribution in [2.45, 2.75) is 40.2 Å². The Kier molecular flexibility index (Phi) is 9.55. The van der Waals surface area contributed by atoms with Gasteiger partial charge in [-0.1, -0.05) is 36.8 Å². The molecule has 6 heteroatoms. The van der Waals surface area contributed by atoms with Gasteiger partial charge in [0, 0.05) is 31.7 Å². The van der Waals surface area contributed by atoms with Crippen LogP contribution in [0.15, 0.2) is 41.7 Å². The van der Waals surface area contributed by atoms with Gasteiger partial charge in [0.1, 0.15) is 0 Å². The fraction of sp³-hybridized carbons (Fsp3) is 0.474. The Hall–Kier alpha value is -1.57. The average Bonchev–Trinajstić information content (AvgIpc) is 2.97. The van der Waals surface area contributed by atoms with Gasteiger partial charge in [-0.25, -0.2) is 0 Å². The molecule has 1 aromatic carbocycles. The lowest BCUT2D eigenvalue weighted by Gasteiger charge is -2.14. The van der Waals surface area contributed by atoms with Gasteiger partial charge in [-0.15, -0.1) is 24.0 Å². The van der Waals surface area contributed by atoms with Gasteiger partial charge in [0.2, 0.25) is 0 Å². The van der Waals surface area contributed by atoms with Crippen molar-refractivity contribution in [3.63, 3.8) is 0 Å². The number of nitrogens with one attached hydrogen (secondary N) is 2. The number of halogens is 1. The van der Waals surface area contributed by atoms with Crippen molar-refractivity contribution in [2.75, 3.05) is 19.6 Å². The summed E-state index contributed by atoms with van der Waals surface area (Å²) in [5, 5.41) is 11.0. The maximum Gasteiger partial charge on any atom is 0.191 e. The van der Waals surface area contributed by atoms with Crippen molar-refractivity contribution in [3.05, 3.63) is 53.3 Å². The number of benzene rings is 1. The Balaban J connectivity index is 0.00000312. The van der Waals surface area contributed by atoms with Crippen LogP contribution in [0, 0.1) is 13.8 Å². The summed E-state index contributed by atoms with van der Waals surface area (Å²) < 4.78 is 1.95. The van der Waals surface area contributed by atoms with E-state index in [0.717, 1.165) is 32.1 Å². The number of hydrogen-bond acceptors (Lipinski definition) is 2. The van der Waals surface area contributed by atoms with Crippen LogP contribution in [0.2, 0.25) is 0 Å². The maximum absolute atomic E-state index is 4.72. The minimum absolute atomic E-state index is 0. The zero-order valence-electron chi connectivity index (χ0n) is 15.6. The average molecular weight is 455 g/mol. The van der Waals surface area contributed by atoms with Crippen molar-refractivity contribution in [1.82, 2.24) is 20.4 Å². The van der Waals surface area contributed by atoms with Crippen LogP contribution in [0.3, 0.4) is 0 Å². The summed E-state index contributed by atoms with van der Waals surface area (Å²) in [4.78, 5) is 4.72. The molecule has 2 rings (SSSR count). The lowest BCUT2D eigenvalue weighted by molar-refractivity contribution is 0.597. The van der Waals surface area contributed by atoms with Crippen molar-refractivity contribution < 1.29 is 0 Å². The summed E-state index contributed by atoms with van der Waals surface area (Å²) in [5.41, 5.74) is 3.81. The molecule has 0 radical (unpaired) electrons. The quantitative estimate of drug-likeness (QED) is 0.382. The first-order valence-electron chi connectivity index (χ1n) is 8.66. The molecule has 1 unspecified atom stereocenters. The zero-order valence-corrected chi connectivity index (χ0v) is 18.0. The Morgan fingerprint density at radius 3 is 2.68 bits per heavy atom. The SMILES string of the molecule is CCNC(=NCC(C)c1cccc(C)c1)NCCn1cc(C)cn1.I. The number of guanidine groups is 1. The molecule has 2 aromatic rings. The van der Waals surface area contributed by atoms with Crippen molar-refractivity contribution in [2.24, 2.45) is 4.99 Å². The minimum Gasteiger partial charge on any atom is -0.357 e. The van der Waals surface area contributed by atoms with Crippen molar-refractivity contribution in [3.8, 4) is 0 Å². The van der Waals surface area contributed by atoms with Crippen molar-refractivity contribution >= 4 is 29.9 Å².